The largest absolute Gasteiger partial charge is 0.396 e. The van der Waals surface area contributed by atoms with E-state index in [4.69, 9.17) is 5.11 Å². The molecule has 1 radical (unpaired) electrons. The summed E-state index contributed by atoms with van der Waals surface area (Å²) in [6, 6.07) is 0. The molecule has 0 fully saturated rings. The number of unbranched alkanes of at least 4 members (excludes halogenated alkanes) is 3. The number of hydrogen-bond donors (Lipinski definition) is 1. The molecule has 0 bridgehead atoms. The van der Waals surface area contributed by atoms with Crippen LogP contribution in [0.5, 0.6) is 0 Å². The predicted octanol–water partition coefficient (Wildman–Crippen LogP) is 0.552. The molecule has 0 spiro atoms. The topological polar surface area (TPSA) is 37.3 Å². The van der Waals surface area contributed by atoms with Gasteiger partial charge in [-0.05, 0) is 19.3 Å². The van der Waals surface area contributed by atoms with E-state index in [9.17, 15) is 4.79 Å². The van der Waals surface area contributed by atoms with Gasteiger partial charge in [-0.3, -0.25) is 0 Å². The molecule has 0 aromatic carbocycles. The quantitative estimate of drug-likeness (QED) is 0.419. The molecule has 0 saturated heterocycles. The highest BCUT2D eigenvalue weighted by molar-refractivity contribution is 5.48. The Kier molecular flexibility index (Phi) is 6.32. The SMILES string of the molecule is O=CCCC[CH]CO. The first-order chi connectivity index (χ1) is 3.91. The third-order valence-corrected chi connectivity index (χ3v) is 0.859. The Labute approximate surface area is 49.5 Å². The van der Waals surface area contributed by atoms with E-state index < -0.39 is 0 Å². The fraction of sp³-hybridized carbons (Fsp3) is 0.667. The first kappa shape index (κ1) is 7.63. The van der Waals surface area contributed by atoms with E-state index >= 15 is 0 Å². The van der Waals surface area contributed by atoms with Crippen molar-refractivity contribution in [2.24, 2.45) is 0 Å². The van der Waals surface area contributed by atoms with Gasteiger partial charge in [0.25, 0.3) is 0 Å². The molecule has 1 N–H and O–H groups in total. The molecule has 0 heterocycles. The standard InChI is InChI=1S/C6H11O2/c7-5-3-1-2-4-6-8/h3,6-7H,1-2,4-5H2. The number of aliphatic hydroxyl groups is 1. The lowest BCUT2D eigenvalue weighted by Crippen LogP contribution is -1.84. The van der Waals surface area contributed by atoms with Crippen LogP contribution in [0.4, 0.5) is 0 Å². The lowest BCUT2D eigenvalue weighted by Gasteiger charge is -1.89. The maximum atomic E-state index is 9.69. The molecule has 2 heteroatoms. The predicted molar refractivity (Wildman–Crippen MR) is 31.3 cm³/mol. The van der Waals surface area contributed by atoms with Crippen LogP contribution in [0.15, 0.2) is 0 Å². The minimum Gasteiger partial charge on any atom is -0.396 e. The number of carbonyl (C=O) groups excluding carboxylic acids is 1. The van der Waals surface area contributed by atoms with E-state index in [0.717, 1.165) is 19.1 Å². The highest BCUT2D eigenvalue weighted by Gasteiger charge is 1.84. The zero-order valence-corrected chi connectivity index (χ0v) is 4.84. The summed E-state index contributed by atoms with van der Waals surface area (Å²) < 4.78 is 0. The summed E-state index contributed by atoms with van der Waals surface area (Å²) in [6.07, 6.45) is 4.96. The molecular formula is C6H11O2. The van der Waals surface area contributed by atoms with E-state index in [1.54, 1.807) is 6.42 Å². The van der Waals surface area contributed by atoms with Gasteiger partial charge >= 0.3 is 0 Å². The minimum atomic E-state index is 0.124. The van der Waals surface area contributed by atoms with Crippen LogP contribution in [0.1, 0.15) is 19.3 Å². The molecule has 0 aromatic heterocycles. The van der Waals surface area contributed by atoms with Crippen LogP contribution < -0.4 is 0 Å². The molecule has 0 aromatic rings. The summed E-state index contributed by atoms with van der Waals surface area (Å²) in [7, 11) is 0. The third-order valence-electron chi connectivity index (χ3n) is 0.859. The lowest BCUT2D eigenvalue weighted by molar-refractivity contribution is -0.107. The molecule has 0 aliphatic rings. The molecule has 0 aliphatic carbocycles. The molecule has 0 rings (SSSR count). The average Bonchev–Trinajstić information content (AvgIpc) is 1.81. The molecule has 2 nitrogen and oxygen atoms in total. The second-order valence-corrected chi connectivity index (χ2v) is 1.57. The molecule has 0 saturated carbocycles. The Morgan fingerprint density at radius 2 is 2.12 bits per heavy atom. The van der Waals surface area contributed by atoms with Gasteiger partial charge in [0, 0.05) is 13.0 Å². The lowest BCUT2D eigenvalue weighted by atomic mass is 10.2. The smallest absolute Gasteiger partial charge is 0.119 e. The van der Waals surface area contributed by atoms with E-state index in [1.165, 1.54) is 0 Å². The molecule has 8 heavy (non-hydrogen) atoms. The van der Waals surface area contributed by atoms with Gasteiger partial charge in [-0.2, -0.15) is 0 Å². The van der Waals surface area contributed by atoms with Crippen molar-refractivity contribution in [3.63, 3.8) is 0 Å². The van der Waals surface area contributed by atoms with Gasteiger partial charge in [0.2, 0.25) is 0 Å². The summed E-state index contributed by atoms with van der Waals surface area (Å²) >= 11 is 0. The van der Waals surface area contributed by atoms with Gasteiger partial charge in [-0.15, -0.1) is 0 Å². The molecule has 0 amide bonds. The monoisotopic (exact) mass is 115 g/mol. The van der Waals surface area contributed by atoms with Crippen molar-refractivity contribution in [3.05, 3.63) is 6.42 Å². The second kappa shape index (κ2) is 6.63. The first-order valence-electron chi connectivity index (χ1n) is 2.78. The molecule has 0 unspecified atom stereocenters. The van der Waals surface area contributed by atoms with Gasteiger partial charge in [-0.1, -0.05) is 0 Å². The van der Waals surface area contributed by atoms with Gasteiger partial charge in [0.15, 0.2) is 0 Å². The van der Waals surface area contributed by atoms with E-state index in [2.05, 4.69) is 0 Å². The zero-order chi connectivity index (χ0) is 6.24. The van der Waals surface area contributed by atoms with Gasteiger partial charge in [0.05, 0.1) is 0 Å². The van der Waals surface area contributed by atoms with E-state index in [1.807, 2.05) is 0 Å². The van der Waals surface area contributed by atoms with Crippen molar-refractivity contribution in [1.29, 1.82) is 0 Å². The van der Waals surface area contributed by atoms with Crippen molar-refractivity contribution in [2.45, 2.75) is 19.3 Å². The van der Waals surface area contributed by atoms with Crippen LogP contribution in [0.2, 0.25) is 0 Å². The zero-order valence-electron chi connectivity index (χ0n) is 4.84. The molecule has 0 aliphatic heterocycles. The summed E-state index contributed by atoms with van der Waals surface area (Å²) in [5.41, 5.74) is 0. The maximum absolute atomic E-state index is 9.69. The normalized spacial score (nSPS) is 9.12. The third kappa shape index (κ3) is 5.63. The molecule has 0 atom stereocenters. The van der Waals surface area contributed by atoms with Crippen LogP contribution in [0, 0.1) is 6.42 Å². The fourth-order valence-electron chi connectivity index (χ4n) is 0.437. The number of aldehydes is 1. The van der Waals surface area contributed by atoms with Crippen molar-refractivity contribution in [1.82, 2.24) is 0 Å². The maximum Gasteiger partial charge on any atom is 0.119 e. The van der Waals surface area contributed by atoms with Crippen molar-refractivity contribution in [2.75, 3.05) is 6.61 Å². The van der Waals surface area contributed by atoms with Crippen LogP contribution in [-0.4, -0.2) is 18.0 Å². The van der Waals surface area contributed by atoms with Gasteiger partial charge in [0.1, 0.15) is 6.29 Å². The summed E-state index contributed by atoms with van der Waals surface area (Å²) in [4.78, 5) is 9.69. The highest BCUT2D eigenvalue weighted by Crippen LogP contribution is 1.94. The van der Waals surface area contributed by atoms with Gasteiger partial charge in [-0.25, -0.2) is 0 Å². The van der Waals surface area contributed by atoms with Crippen molar-refractivity contribution in [3.8, 4) is 0 Å². The Balaban J connectivity index is 2.62. The molecular weight excluding hydrogens is 104 g/mol. The number of aliphatic hydroxyl groups excluding tert-OH is 1. The Bertz CT molecular complexity index is 52.5. The number of carbonyl (C=O) groups is 1. The van der Waals surface area contributed by atoms with Crippen LogP contribution in [0.3, 0.4) is 0 Å². The van der Waals surface area contributed by atoms with Gasteiger partial charge < -0.3 is 9.90 Å². The Morgan fingerprint density at radius 1 is 1.38 bits per heavy atom. The Hall–Kier alpha value is -0.370. The minimum absolute atomic E-state index is 0.124. The Morgan fingerprint density at radius 3 is 2.62 bits per heavy atom. The van der Waals surface area contributed by atoms with E-state index in [-0.39, 0.29) is 6.61 Å². The first-order valence-corrected chi connectivity index (χ1v) is 2.78. The van der Waals surface area contributed by atoms with Crippen LogP contribution in [0.25, 0.3) is 0 Å². The summed E-state index contributed by atoms with van der Waals surface area (Å²) in [5.74, 6) is 0. The van der Waals surface area contributed by atoms with Crippen molar-refractivity contribution < 1.29 is 9.90 Å². The van der Waals surface area contributed by atoms with Crippen LogP contribution in [-0.2, 0) is 4.79 Å². The fourth-order valence-corrected chi connectivity index (χ4v) is 0.437. The van der Waals surface area contributed by atoms with Crippen molar-refractivity contribution >= 4 is 6.29 Å². The van der Waals surface area contributed by atoms with Crippen LogP contribution >= 0.6 is 0 Å². The summed E-state index contributed by atoms with van der Waals surface area (Å²) in [6.45, 7) is 0.124. The second-order valence-electron chi connectivity index (χ2n) is 1.57. The molecule has 47 valence electrons. The average molecular weight is 115 g/mol. The number of hydrogen-bond acceptors (Lipinski definition) is 2. The summed E-state index contributed by atoms with van der Waals surface area (Å²) in [5, 5.41) is 8.22. The van der Waals surface area contributed by atoms with E-state index in [0.29, 0.717) is 6.42 Å². The number of rotatable bonds is 5. The highest BCUT2D eigenvalue weighted by atomic mass is 16.2.